The lowest BCUT2D eigenvalue weighted by atomic mass is 10.1. The molecule has 0 aliphatic carbocycles. The van der Waals surface area contributed by atoms with E-state index in [2.05, 4.69) is 15.9 Å². The first-order chi connectivity index (χ1) is 5.91. The van der Waals surface area contributed by atoms with Crippen LogP contribution in [0, 0.1) is 0 Å². The summed E-state index contributed by atoms with van der Waals surface area (Å²) in [6.45, 7) is -2.13. The van der Waals surface area contributed by atoms with Crippen LogP contribution >= 0.6 is 15.9 Å². The quantitative estimate of drug-likeness (QED) is 0.745. The summed E-state index contributed by atoms with van der Waals surface area (Å²) in [4.78, 5) is 0. The summed E-state index contributed by atoms with van der Waals surface area (Å²) in [6, 6.07) is 6.07. The van der Waals surface area contributed by atoms with Gasteiger partial charge in [0.15, 0.2) is 0 Å². The Hall–Kier alpha value is -0.340. The summed E-state index contributed by atoms with van der Waals surface area (Å²) in [7, 11) is 0. The van der Waals surface area contributed by atoms with Crippen molar-refractivity contribution in [3.05, 3.63) is 34.3 Å². The maximum atomic E-state index is 7.13. The molecule has 0 spiro atoms. The molecule has 54 valence electrons. The molecule has 1 atom stereocenters. The Morgan fingerprint density at radius 2 is 2.10 bits per heavy atom. The molecule has 0 aliphatic heterocycles. The zero-order valence-corrected chi connectivity index (χ0v) is 6.93. The molecule has 0 aliphatic rings. The number of rotatable bonds is 1. The predicted octanol–water partition coefficient (Wildman–Crippen LogP) is 2.47. The minimum Gasteiger partial charge on any atom is -0.324 e. The van der Waals surface area contributed by atoms with Crippen LogP contribution in [0.2, 0.25) is 0 Å². The Labute approximate surface area is 73.6 Å². The van der Waals surface area contributed by atoms with Crippen molar-refractivity contribution in [1.29, 1.82) is 0 Å². The van der Waals surface area contributed by atoms with Gasteiger partial charge < -0.3 is 5.73 Å². The molecule has 0 saturated heterocycles. The number of hydrogen-bond acceptors (Lipinski definition) is 1. The third-order valence-corrected chi connectivity index (χ3v) is 1.76. The molecule has 0 radical (unpaired) electrons. The standard InChI is InChI=1S/C8H10BrN/c1-6(10)7-2-4-8(9)5-3-7/h2-6H,10H2,1H3/t6-/m0/s1/i1D3. The van der Waals surface area contributed by atoms with E-state index < -0.39 is 12.9 Å². The molecule has 2 N–H and O–H groups in total. The van der Waals surface area contributed by atoms with Crippen molar-refractivity contribution in [2.45, 2.75) is 12.9 Å². The molecule has 1 aromatic carbocycles. The molecular formula is C8H10BrN. The van der Waals surface area contributed by atoms with E-state index in [4.69, 9.17) is 9.85 Å². The molecule has 2 heteroatoms. The van der Waals surface area contributed by atoms with Crippen molar-refractivity contribution in [1.82, 2.24) is 0 Å². The molecule has 1 rings (SSSR count). The average molecular weight is 203 g/mol. The summed E-state index contributed by atoms with van der Waals surface area (Å²) in [6.07, 6.45) is 0. The second-order valence-electron chi connectivity index (χ2n) is 2.03. The Bertz CT molecular complexity index is 280. The molecule has 0 fully saturated rings. The summed E-state index contributed by atoms with van der Waals surface area (Å²) >= 11 is 3.26. The number of benzene rings is 1. The first kappa shape index (κ1) is 4.52. The van der Waals surface area contributed by atoms with Gasteiger partial charge in [-0.3, -0.25) is 0 Å². The molecule has 0 bridgehead atoms. The van der Waals surface area contributed by atoms with E-state index in [1.807, 2.05) is 0 Å². The minimum atomic E-state index is -2.13. The highest BCUT2D eigenvalue weighted by Gasteiger charge is 1.96. The van der Waals surface area contributed by atoms with E-state index in [-0.39, 0.29) is 0 Å². The van der Waals surface area contributed by atoms with E-state index in [9.17, 15) is 0 Å². The Balaban J connectivity index is 2.90. The van der Waals surface area contributed by atoms with Gasteiger partial charge in [-0.2, -0.15) is 0 Å². The van der Waals surface area contributed by atoms with Gasteiger partial charge in [0.1, 0.15) is 0 Å². The summed E-state index contributed by atoms with van der Waals surface area (Å²) in [5.41, 5.74) is 6.17. The molecule has 0 saturated carbocycles. The van der Waals surface area contributed by atoms with Crippen LogP contribution in [-0.4, -0.2) is 0 Å². The van der Waals surface area contributed by atoms with Crippen molar-refractivity contribution in [2.24, 2.45) is 5.73 Å². The largest absolute Gasteiger partial charge is 0.324 e. The molecule has 0 unspecified atom stereocenters. The molecule has 1 aromatic rings. The van der Waals surface area contributed by atoms with Crippen molar-refractivity contribution >= 4 is 15.9 Å². The fourth-order valence-corrected chi connectivity index (χ4v) is 0.934. The highest BCUT2D eigenvalue weighted by molar-refractivity contribution is 9.10. The first-order valence-corrected chi connectivity index (χ1v) is 3.71. The fraction of sp³-hybridized carbons (Fsp3) is 0.250. The summed E-state index contributed by atoms with van der Waals surface area (Å²) in [5, 5.41) is 0. The highest BCUT2D eigenvalue weighted by Crippen LogP contribution is 2.14. The number of halogens is 1. The molecule has 1 nitrogen and oxygen atoms in total. The normalized spacial score (nSPS) is 18.8. The third-order valence-electron chi connectivity index (χ3n) is 1.23. The van der Waals surface area contributed by atoms with Gasteiger partial charge in [0.25, 0.3) is 0 Å². The Kier molecular flexibility index (Phi) is 1.43. The zero-order valence-electron chi connectivity index (χ0n) is 8.34. The van der Waals surface area contributed by atoms with Crippen molar-refractivity contribution in [3.8, 4) is 0 Å². The van der Waals surface area contributed by atoms with Gasteiger partial charge in [-0.25, -0.2) is 0 Å². The monoisotopic (exact) mass is 202 g/mol. The Morgan fingerprint density at radius 3 is 2.60 bits per heavy atom. The average Bonchev–Trinajstić information content (AvgIpc) is 2.03. The first-order valence-electron chi connectivity index (χ1n) is 4.42. The number of nitrogens with two attached hydrogens (primary N) is 1. The van der Waals surface area contributed by atoms with E-state index in [1.165, 1.54) is 0 Å². The third kappa shape index (κ3) is 1.82. The maximum Gasteiger partial charge on any atom is 0.0266 e. The van der Waals surface area contributed by atoms with E-state index in [0.717, 1.165) is 4.47 Å². The lowest BCUT2D eigenvalue weighted by Gasteiger charge is -2.03. The van der Waals surface area contributed by atoms with E-state index in [0.29, 0.717) is 5.56 Å². The van der Waals surface area contributed by atoms with Crippen molar-refractivity contribution in [2.75, 3.05) is 0 Å². The topological polar surface area (TPSA) is 26.0 Å². The second-order valence-corrected chi connectivity index (χ2v) is 2.94. The van der Waals surface area contributed by atoms with Gasteiger partial charge >= 0.3 is 0 Å². The minimum absolute atomic E-state index is 0.628. The molecule has 0 aromatic heterocycles. The highest BCUT2D eigenvalue weighted by atomic mass is 79.9. The molecule has 0 heterocycles. The van der Waals surface area contributed by atoms with Crippen molar-refractivity contribution < 1.29 is 4.11 Å². The smallest absolute Gasteiger partial charge is 0.0266 e. The SMILES string of the molecule is [2H]C([2H])([2H])[C@H](N)c1ccc(Br)cc1. The molecule has 0 amide bonds. The summed E-state index contributed by atoms with van der Waals surface area (Å²) in [5.74, 6) is 0. The maximum absolute atomic E-state index is 7.13. The Morgan fingerprint density at radius 1 is 1.50 bits per heavy atom. The van der Waals surface area contributed by atoms with Crippen LogP contribution in [-0.2, 0) is 0 Å². The van der Waals surface area contributed by atoms with E-state index >= 15 is 0 Å². The second kappa shape index (κ2) is 3.17. The summed E-state index contributed by atoms with van der Waals surface area (Å²) < 4.78 is 22.3. The van der Waals surface area contributed by atoms with Crippen LogP contribution in [0.5, 0.6) is 0 Å². The van der Waals surface area contributed by atoms with Crippen LogP contribution in [0.1, 0.15) is 22.6 Å². The van der Waals surface area contributed by atoms with Crippen LogP contribution in [0.15, 0.2) is 28.7 Å². The fourth-order valence-electron chi connectivity index (χ4n) is 0.670. The lowest BCUT2D eigenvalue weighted by molar-refractivity contribution is 0.818. The van der Waals surface area contributed by atoms with Gasteiger partial charge in [-0.1, -0.05) is 28.1 Å². The lowest BCUT2D eigenvalue weighted by Crippen LogP contribution is -2.03. The van der Waals surface area contributed by atoms with Gasteiger partial charge in [0.2, 0.25) is 0 Å². The van der Waals surface area contributed by atoms with E-state index in [1.54, 1.807) is 24.3 Å². The van der Waals surface area contributed by atoms with Crippen molar-refractivity contribution in [3.63, 3.8) is 0 Å². The van der Waals surface area contributed by atoms with Crippen LogP contribution in [0.25, 0.3) is 0 Å². The molecule has 10 heavy (non-hydrogen) atoms. The van der Waals surface area contributed by atoms with Gasteiger partial charge in [0, 0.05) is 14.6 Å². The molecular weight excluding hydrogens is 190 g/mol. The van der Waals surface area contributed by atoms with Gasteiger partial charge in [-0.05, 0) is 24.5 Å². The van der Waals surface area contributed by atoms with Gasteiger partial charge in [-0.15, -0.1) is 0 Å². The van der Waals surface area contributed by atoms with Crippen LogP contribution < -0.4 is 5.73 Å². The zero-order chi connectivity index (χ0) is 10.1. The number of hydrogen-bond donors (Lipinski definition) is 1. The van der Waals surface area contributed by atoms with Gasteiger partial charge in [0.05, 0.1) is 0 Å². The van der Waals surface area contributed by atoms with Crippen LogP contribution in [0.4, 0.5) is 0 Å². The van der Waals surface area contributed by atoms with Crippen LogP contribution in [0.3, 0.4) is 0 Å². The predicted molar refractivity (Wildman–Crippen MR) is 46.7 cm³/mol.